The van der Waals surface area contributed by atoms with E-state index in [2.05, 4.69) is 29.4 Å². The van der Waals surface area contributed by atoms with E-state index in [1.54, 1.807) is 11.3 Å². The van der Waals surface area contributed by atoms with E-state index in [1.165, 1.54) is 16.2 Å². The van der Waals surface area contributed by atoms with E-state index >= 15 is 0 Å². The molecule has 4 nitrogen and oxygen atoms in total. The maximum Gasteiger partial charge on any atom is 0.226 e. The standard InChI is InChI=1S/C15H19N3OS2/c1-9-5-6-13(21-9)12-8-20-15(17-12)18-14(19)7-10-3-2-4-11(10)16/h5-6,8,10-11H,2-4,7,16H2,1H3,(H,17,18,19)/t10-,11+/m0/s1. The van der Waals surface area contributed by atoms with Crippen molar-refractivity contribution in [3.8, 4) is 10.6 Å². The Morgan fingerprint density at radius 1 is 1.48 bits per heavy atom. The van der Waals surface area contributed by atoms with Crippen LogP contribution in [0.25, 0.3) is 10.6 Å². The van der Waals surface area contributed by atoms with Crippen molar-refractivity contribution in [2.24, 2.45) is 11.7 Å². The molecular weight excluding hydrogens is 302 g/mol. The minimum Gasteiger partial charge on any atom is -0.327 e. The van der Waals surface area contributed by atoms with Crippen molar-refractivity contribution in [1.82, 2.24) is 4.98 Å². The van der Waals surface area contributed by atoms with E-state index < -0.39 is 0 Å². The number of nitrogens with one attached hydrogen (secondary N) is 1. The van der Waals surface area contributed by atoms with Crippen molar-refractivity contribution < 1.29 is 4.79 Å². The summed E-state index contributed by atoms with van der Waals surface area (Å²) in [5, 5.41) is 5.57. The largest absolute Gasteiger partial charge is 0.327 e. The first-order valence-corrected chi connectivity index (χ1v) is 8.89. The molecule has 112 valence electrons. The number of hydrogen-bond donors (Lipinski definition) is 2. The van der Waals surface area contributed by atoms with Crippen molar-refractivity contribution in [1.29, 1.82) is 0 Å². The number of amides is 1. The molecule has 1 aliphatic rings. The number of nitrogens with zero attached hydrogens (tertiary/aromatic N) is 1. The Kier molecular flexibility index (Phi) is 4.37. The highest BCUT2D eigenvalue weighted by Crippen LogP contribution is 2.31. The molecule has 21 heavy (non-hydrogen) atoms. The number of aryl methyl sites for hydroxylation is 1. The second-order valence-corrected chi connectivity index (χ2v) is 7.70. The molecule has 0 unspecified atom stereocenters. The van der Waals surface area contributed by atoms with Crippen LogP contribution in [-0.2, 0) is 4.79 Å². The van der Waals surface area contributed by atoms with Crippen molar-refractivity contribution in [3.05, 3.63) is 22.4 Å². The van der Waals surface area contributed by atoms with Gasteiger partial charge in [0.05, 0.1) is 10.6 Å². The zero-order chi connectivity index (χ0) is 14.8. The van der Waals surface area contributed by atoms with Crippen LogP contribution in [0.2, 0.25) is 0 Å². The van der Waals surface area contributed by atoms with Gasteiger partial charge in [0.1, 0.15) is 0 Å². The first-order chi connectivity index (χ1) is 10.1. The second-order valence-electron chi connectivity index (χ2n) is 5.56. The lowest BCUT2D eigenvalue weighted by Gasteiger charge is -2.13. The van der Waals surface area contributed by atoms with E-state index in [4.69, 9.17) is 5.73 Å². The summed E-state index contributed by atoms with van der Waals surface area (Å²) < 4.78 is 0. The van der Waals surface area contributed by atoms with Crippen LogP contribution in [-0.4, -0.2) is 16.9 Å². The van der Waals surface area contributed by atoms with Crippen LogP contribution in [0, 0.1) is 12.8 Å². The summed E-state index contributed by atoms with van der Waals surface area (Å²) in [6.45, 7) is 2.08. The molecule has 2 heterocycles. The number of aromatic nitrogens is 1. The minimum atomic E-state index is 0.0283. The summed E-state index contributed by atoms with van der Waals surface area (Å²) in [5.74, 6) is 0.352. The van der Waals surface area contributed by atoms with Crippen LogP contribution in [0.1, 0.15) is 30.6 Å². The summed E-state index contributed by atoms with van der Waals surface area (Å²) in [7, 11) is 0. The molecule has 1 fully saturated rings. The first-order valence-electron chi connectivity index (χ1n) is 7.19. The topological polar surface area (TPSA) is 68.0 Å². The van der Waals surface area contributed by atoms with E-state index in [0.717, 1.165) is 29.8 Å². The maximum atomic E-state index is 12.1. The molecule has 1 saturated carbocycles. The Balaban J connectivity index is 1.60. The number of thiazole rings is 1. The third-order valence-corrected chi connectivity index (χ3v) is 5.69. The predicted molar refractivity (Wildman–Crippen MR) is 88.7 cm³/mol. The van der Waals surface area contributed by atoms with Gasteiger partial charge in [-0.15, -0.1) is 22.7 Å². The van der Waals surface area contributed by atoms with Gasteiger partial charge >= 0.3 is 0 Å². The zero-order valence-corrected chi connectivity index (χ0v) is 13.6. The number of nitrogens with two attached hydrogens (primary N) is 1. The molecule has 2 aromatic heterocycles. The molecule has 1 aliphatic carbocycles. The summed E-state index contributed by atoms with van der Waals surface area (Å²) in [5.41, 5.74) is 6.95. The average molecular weight is 321 g/mol. The lowest BCUT2D eigenvalue weighted by molar-refractivity contribution is -0.117. The van der Waals surface area contributed by atoms with Crippen LogP contribution in [0.4, 0.5) is 5.13 Å². The molecule has 0 aliphatic heterocycles. The third kappa shape index (κ3) is 3.51. The Morgan fingerprint density at radius 3 is 3.00 bits per heavy atom. The number of thiophene rings is 1. The van der Waals surface area contributed by atoms with Crippen molar-refractivity contribution in [3.63, 3.8) is 0 Å². The molecule has 0 spiro atoms. The van der Waals surface area contributed by atoms with Crippen molar-refractivity contribution in [2.45, 2.75) is 38.6 Å². The van der Waals surface area contributed by atoms with Crippen LogP contribution < -0.4 is 11.1 Å². The van der Waals surface area contributed by atoms with Gasteiger partial charge in [-0.25, -0.2) is 4.98 Å². The lowest BCUT2D eigenvalue weighted by Crippen LogP contribution is -2.28. The molecule has 2 aromatic rings. The summed E-state index contributed by atoms with van der Waals surface area (Å²) in [6, 6.07) is 4.33. The highest BCUT2D eigenvalue weighted by Gasteiger charge is 2.26. The summed E-state index contributed by atoms with van der Waals surface area (Å²) in [4.78, 5) is 19.0. The first kappa shape index (κ1) is 14.7. The highest BCUT2D eigenvalue weighted by atomic mass is 32.1. The van der Waals surface area contributed by atoms with Gasteiger partial charge in [-0.05, 0) is 37.8 Å². The fourth-order valence-corrected chi connectivity index (χ4v) is 4.37. The van der Waals surface area contributed by atoms with Gasteiger partial charge < -0.3 is 11.1 Å². The van der Waals surface area contributed by atoms with E-state index in [0.29, 0.717) is 17.5 Å². The fourth-order valence-electron chi connectivity index (χ4n) is 2.74. The average Bonchev–Trinajstić information content (AvgIpc) is 3.13. The van der Waals surface area contributed by atoms with E-state index in [1.807, 2.05) is 5.38 Å². The molecule has 0 aromatic carbocycles. The predicted octanol–water partition coefficient (Wildman–Crippen LogP) is 3.64. The monoisotopic (exact) mass is 321 g/mol. The van der Waals surface area contributed by atoms with Crippen molar-refractivity contribution in [2.75, 3.05) is 5.32 Å². The highest BCUT2D eigenvalue weighted by molar-refractivity contribution is 7.17. The van der Waals surface area contributed by atoms with Crippen LogP contribution in [0.3, 0.4) is 0 Å². The lowest BCUT2D eigenvalue weighted by atomic mass is 10.00. The van der Waals surface area contributed by atoms with Gasteiger partial charge in [-0.3, -0.25) is 4.79 Å². The Hall–Kier alpha value is -1.24. The fraction of sp³-hybridized carbons (Fsp3) is 0.467. The smallest absolute Gasteiger partial charge is 0.226 e. The van der Waals surface area contributed by atoms with Crippen molar-refractivity contribution >= 4 is 33.7 Å². The van der Waals surface area contributed by atoms with Gasteiger partial charge in [0.2, 0.25) is 5.91 Å². The zero-order valence-electron chi connectivity index (χ0n) is 12.0. The normalized spacial score (nSPS) is 21.6. The quantitative estimate of drug-likeness (QED) is 0.903. The number of carbonyl (C=O) groups is 1. The summed E-state index contributed by atoms with van der Waals surface area (Å²) >= 11 is 3.19. The number of rotatable bonds is 4. The van der Waals surface area contributed by atoms with Crippen LogP contribution >= 0.6 is 22.7 Å². The van der Waals surface area contributed by atoms with Gasteiger partial charge in [-0.1, -0.05) is 6.42 Å². The molecule has 2 atom stereocenters. The van der Waals surface area contributed by atoms with Gasteiger partial charge in [0.25, 0.3) is 0 Å². The maximum absolute atomic E-state index is 12.1. The van der Waals surface area contributed by atoms with Crippen LogP contribution in [0.5, 0.6) is 0 Å². The number of carbonyl (C=O) groups excluding carboxylic acids is 1. The number of hydrogen-bond acceptors (Lipinski definition) is 5. The second kappa shape index (κ2) is 6.25. The van der Waals surface area contributed by atoms with E-state index in [9.17, 15) is 4.79 Å². The van der Waals surface area contributed by atoms with Gasteiger partial charge in [0.15, 0.2) is 5.13 Å². The minimum absolute atomic E-state index is 0.0283. The molecule has 3 rings (SSSR count). The molecular formula is C15H19N3OS2. The van der Waals surface area contributed by atoms with Gasteiger partial charge in [-0.2, -0.15) is 0 Å². The Labute approximate surface area is 132 Å². The SMILES string of the molecule is Cc1ccc(-c2csc(NC(=O)C[C@@H]3CCC[C@H]3N)n2)s1. The molecule has 6 heteroatoms. The number of anilines is 1. The van der Waals surface area contributed by atoms with Gasteiger partial charge in [0, 0.05) is 22.7 Å². The molecule has 3 N–H and O–H groups in total. The molecule has 0 radical (unpaired) electrons. The third-order valence-electron chi connectivity index (χ3n) is 3.91. The summed E-state index contributed by atoms with van der Waals surface area (Å²) in [6.07, 6.45) is 3.75. The molecule has 0 saturated heterocycles. The Bertz CT molecular complexity index is 634. The van der Waals surface area contributed by atoms with E-state index in [-0.39, 0.29) is 11.9 Å². The Morgan fingerprint density at radius 2 is 2.33 bits per heavy atom. The van der Waals surface area contributed by atoms with Crippen LogP contribution in [0.15, 0.2) is 17.5 Å². The molecule has 0 bridgehead atoms. The molecule has 1 amide bonds.